The Hall–Kier alpha value is -2.25. The number of aromatic nitrogens is 5. The van der Waals surface area contributed by atoms with E-state index in [0.717, 1.165) is 16.8 Å². The molecule has 0 aliphatic carbocycles. The van der Waals surface area contributed by atoms with Gasteiger partial charge in [0.05, 0.1) is 24.0 Å². The number of hydrogen-bond donors (Lipinski definition) is 1. The quantitative estimate of drug-likeness (QED) is 0.582. The van der Waals surface area contributed by atoms with Crippen LogP contribution in [0.1, 0.15) is 22.6 Å². The Balaban J connectivity index is 1.91. The molecule has 0 fully saturated rings. The molecule has 23 heavy (non-hydrogen) atoms. The third-order valence-electron chi connectivity index (χ3n) is 3.40. The summed E-state index contributed by atoms with van der Waals surface area (Å²) in [6.07, 6.45) is 1.66. The zero-order chi connectivity index (χ0) is 16.4. The van der Waals surface area contributed by atoms with Crippen molar-refractivity contribution in [1.29, 1.82) is 0 Å². The molecule has 0 spiro atoms. The molecule has 2 heterocycles. The molecule has 2 aromatic heterocycles. The number of aromatic amines is 1. The fourth-order valence-electron chi connectivity index (χ4n) is 2.20. The monoisotopic (exact) mass is 346 g/mol. The average molecular weight is 347 g/mol. The topological polar surface area (TPSA) is 63.8 Å². The molecule has 0 atom stereocenters. The lowest BCUT2D eigenvalue weighted by atomic mass is 10.2. The average Bonchev–Trinajstić information content (AvgIpc) is 2.99. The van der Waals surface area contributed by atoms with Crippen LogP contribution in [0.25, 0.3) is 0 Å². The van der Waals surface area contributed by atoms with E-state index >= 15 is 0 Å². The molecule has 0 bridgehead atoms. The molecular weight excluding hydrogens is 332 g/mol. The first-order valence-electron chi connectivity index (χ1n) is 7.01. The van der Waals surface area contributed by atoms with Crippen LogP contribution in [-0.4, -0.2) is 30.9 Å². The highest BCUT2D eigenvalue weighted by atomic mass is 35.5. The maximum Gasteiger partial charge on any atom is 0.216 e. The van der Waals surface area contributed by atoms with Gasteiger partial charge in [0, 0.05) is 0 Å². The Labute approximate surface area is 143 Å². The smallest absolute Gasteiger partial charge is 0.216 e. The highest BCUT2D eigenvalue weighted by molar-refractivity contribution is 7.71. The fourth-order valence-corrected chi connectivity index (χ4v) is 2.70. The number of aryl methyl sites for hydroxylation is 2. The Morgan fingerprint density at radius 2 is 2.04 bits per heavy atom. The first-order valence-corrected chi connectivity index (χ1v) is 7.80. The number of rotatable bonds is 4. The molecule has 8 heteroatoms. The molecule has 0 aliphatic rings. The van der Waals surface area contributed by atoms with E-state index in [9.17, 15) is 0 Å². The molecule has 0 saturated carbocycles. The van der Waals surface area contributed by atoms with Crippen LogP contribution in [0.4, 0.5) is 0 Å². The van der Waals surface area contributed by atoms with Crippen molar-refractivity contribution in [3.8, 4) is 0 Å². The molecule has 0 unspecified atom stereocenters. The van der Waals surface area contributed by atoms with Gasteiger partial charge in [-0.15, -0.1) is 0 Å². The number of benzene rings is 1. The minimum atomic E-state index is 0.434. The summed E-state index contributed by atoms with van der Waals surface area (Å²) in [5.41, 5.74) is 2.71. The molecule has 0 radical (unpaired) electrons. The Bertz CT molecular complexity index is 906. The van der Waals surface area contributed by atoms with Crippen molar-refractivity contribution in [3.63, 3.8) is 0 Å². The Kier molecular flexibility index (Phi) is 4.40. The highest BCUT2D eigenvalue weighted by Crippen LogP contribution is 2.19. The van der Waals surface area contributed by atoms with Gasteiger partial charge in [0.15, 0.2) is 0 Å². The van der Waals surface area contributed by atoms with Crippen molar-refractivity contribution < 1.29 is 0 Å². The first kappa shape index (κ1) is 15.6. The van der Waals surface area contributed by atoms with Crippen LogP contribution >= 0.6 is 23.8 Å². The van der Waals surface area contributed by atoms with E-state index in [1.54, 1.807) is 15.6 Å². The van der Waals surface area contributed by atoms with Crippen molar-refractivity contribution >= 4 is 30.0 Å². The second kappa shape index (κ2) is 6.47. The van der Waals surface area contributed by atoms with Gasteiger partial charge in [0.1, 0.15) is 11.0 Å². The van der Waals surface area contributed by atoms with Gasteiger partial charge in [-0.3, -0.25) is 5.10 Å². The lowest BCUT2D eigenvalue weighted by Gasteiger charge is -2.03. The molecule has 0 aliphatic heterocycles. The van der Waals surface area contributed by atoms with Crippen LogP contribution in [0.3, 0.4) is 0 Å². The molecule has 1 aromatic carbocycles. The summed E-state index contributed by atoms with van der Waals surface area (Å²) in [5, 5.41) is 16.1. The fraction of sp³-hybridized carbons (Fsp3) is 0.200. The van der Waals surface area contributed by atoms with Crippen LogP contribution in [0.2, 0.25) is 5.15 Å². The van der Waals surface area contributed by atoms with E-state index < -0.39 is 0 Å². The zero-order valence-corrected chi connectivity index (χ0v) is 14.3. The van der Waals surface area contributed by atoms with Crippen LogP contribution in [0, 0.1) is 18.6 Å². The van der Waals surface area contributed by atoms with Gasteiger partial charge in [0.25, 0.3) is 0 Å². The zero-order valence-electron chi connectivity index (χ0n) is 12.7. The van der Waals surface area contributed by atoms with E-state index in [1.807, 2.05) is 44.2 Å². The summed E-state index contributed by atoms with van der Waals surface area (Å²) >= 11 is 11.6. The Morgan fingerprint density at radius 3 is 2.70 bits per heavy atom. The number of nitrogens with zero attached hydrogens (tertiary/aromatic N) is 5. The van der Waals surface area contributed by atoms with Gasteiger partial charge in [-0.05, 0) is 31.6 Å². The molecule has 3 aromatic rings. The van der Waals surface area contributed by atoms with Crippen LogP contribution in [0.15, 0.2) is 35.4 Å². The van der Waals surface area contributed by atoms with Gasteiger partial charge in [-0.25, -0.2) is 4.68 Å². The predicted octanol–water partition coefficient (Wildman–Crippen LogP) is 3.34. The maximum absolute atomic E-state index is 6.45. The number of halogens is 1. The SMILES string of the molecule is Cc1nn(Cc2ccccc2)c(Cl)c1C=Nn1c(C)n[nH]c1=S. The van der Waals surface area contributed by atoms with Crippen molar-refractivity contribution in [3.05, 3.63) is 62.9 Å². The molecule has 0 amide bonds. The van der Waals surface area contributed by atoms with Crippen LogP contribution in [0.5, 0.6) is 0 Å². The van der Waals surface area contributed by atoms with Gasteiger partial charge < -0.3 is 0 Å². The largest absolute Gasteiger partial charge is 0.250 e. The molecule has 0 saturated heterocycles. The minimum absolute atomic E-state index is 0.434. The highest BCUT2D eigenvalue weighted by Gasteiger charge is 2.12. The number of nitrogens with one attached hydrogen (secondary N) is 1. The van der Waals surface area contributed by atoms with Crippen molar-refractivity contribution in [1.82, 2.24) is 24.7 Å². The van der Waals surface area contributed by atoms with E-state index in [1.165, 1.54) is 0 Å². The van der Waals surface area contributed by atoms with E-state index in [2.05, 4.69) is 20.4 Å². The number of H-pyrrole nitrogens is 1. The summed E-state index contributed by atoms with van der Waals surface area (Å²) in [4.78, 5) is 0. The van der Waals surface area contributed by atoms with E-state index in [4.69, 9.17) is 23.8 Å². The first-order chi connectivity index (χ1) is 11.1. The van der Waals surface area contributed by atoms with Crippen LogP contribution < -0.4 is 0 Å². The lowest BCUT2D eigenvalue weighted by molar-refractivity contribution is 0.680. The standard InChI is InChI=1S/C15H15ClN6S/c1-10-13(8-17-22-11(2)18-19-15(22)23)14(16)21(20-10)9-12-6-4-3-5-7-12/h3-8H,9H2,1-2H3,(H,19,23). The summed E-state index contributed by atoms with van der Waals surface area (Å²) in [5.74, 6) is 0.678. The molecular formula is C15H15ClN6S. The normalized spacial score (nSPS) is 11.4. The molecule has 6 nitrogen and oxygen atoms in total. The van der Waals surface area contributed by atoms with Crippen molar-refractivity contribution in [2.24, 2.45) is 5.10 Å². The van der Waals surface area contributed by atoms with Crippen molar-refractivity contribution in [2.45, 2.75) is 20.4 Å². The number of hydrogen-bond acceptors (Lipinski definition) is 4. The Morgan fingerprint density at radius 1 is 1.30 bits per heavy atom. The second-order valence-corrected chi connectivity index (χ2v) is 5.81. The van der Waals surface area contributed by atoms with E-state index in [-0.39, 0.29) is 0 Å². The minimum Gasteiger partial charge on any atom is -0.250 e. The third kappa shape index (κ3) is 3.25. The van der Waals surface area contributed by atoms with Gasteiger partial charge in [0.2, 0.25) is 4.77 Å². The molecule has 1 N–H and O–H groups in total. The lowest BCUT2D eigenvalue weighted by Crippen LogP contribution is -2.02. The van der Waals surface area contributed by atoms with Crippen molar-refractivity contribution in [2.75, 3.05) is 0 Å². The van der Waals surface area contributed by atoms with E-state index in [0.29, 0.717) is 22.3 Å². The van der Waals surface area contributed by atoms with Gasteiger partial charge in [-0.1, -0.05) is 41.9 Å². The molecule has 3 rings (SSSR count). The second-order valence-electron chi connectivity index (χ2n) is 5.07. The summed E-state index contributed by atoms with van der Waals surface area (Å²) < 4.78 is 3.73. The summed E-state index contributed by atoms with van der Waals surface area (Å²) in [6.45, 7) is 4.33. The van der Waals surface area contributed by atoms with Gasteiger partial charge in [-0.2, -0.15) is 20.0 Å². The molecule has 118 valence electrons. The third-order valence-corrected chi connectivity index (χ3v) is 4.06. The van der Waals surface area contributed by atoms with Crippen LogP contribution in [-0.2, 0) is 6.54 Å². The predicted molar refractivity (Wildman–Crippen MR) is 92.7 cm³/mol. The maximum atomic E-state index is 6.45. The summed E-state index contributed by atoms with van der Waals surface area (Å²) in [6, 6.07) is 10.0. The van der Waals surface area contributed by atoms with Gasteiger partial charge >= 0.3 is 0 Å². The summed E-state index contributed by atoms with van der Waals surface area (Å²) in [7, 11) is 0.